The summed E-state index contributed by atoms with van der Waals surface area (Å²) in [7, 11) is 1.94. The molecule has 1 aliphatic heterocycles. The molecule has 0 bridgehead atoms. The van der Waals surface area contributed by atoms with Gasteiger partial charge < -0.3 is 5.11 Å². The second kappa shape index (κ2) is 9.40. The summed E-state index contributed by atoms with van der Waals surface area (Å²) in [4.78, 5) is 26.4. The number of carboxylic acids is 1. The van der Waals surface area contributed by atoms with Crippen LogP contribution in [0.1, 0.15) is 41.3 Å². The van der Waals surface area contributed by atoms with E-state index >= 15 is 0 Å². The quantitative estimate of drug-likeness (QED) is 0.575. The number of aromatic nitrogens is 2. The Balaban J connectivity index is 1.49. The van der Waals surface area contributed by atoms with Crippen LogP contribution in [0.5, 0.6) is 0 Å². The predicted molar refractivity (Wildman–Crippen MR) is 126 cm³/mol. The Morgan fingerprint density at radius 3 is 2.53 bits per heavy atom. The van der Waals surface area contributed by atoms with Gasteiger partial charge in [0.2, 0.25) is 0 Å². The highest BCUT2D eigenvalue weighted by molar-refractivity contribution is 5.85. The van der Waals surface area contributed by atoms with Crippen molar-refractivity contribution in [3.05, 3.63) is 93.4 Å². The van der Waals surface area contributed by atoms with Crippen molar-refractivity contribution in [3.63, 3.8) is 0 Å². The van der Waals surface area contributed by atoms with E-state index in [9.17, 15) is 9.59 Å². The number of nitrogens with zero attached hydrogens (tertiary/aromatic N) is 3. The fourth-order valence-electron chi connectivity index (χ4n) is 4.64. The number of carbonyl (C=O) groups is 1. The van der Waals surface area contributed by atoms with Crippen LogP contribution >= 0.6 is 0 Å². The van der Waals surface area contributed by atoms with Gasteiger partial charge in [0.1, 0.15) is 0 Å². The van der Waals surface area contributed by atoms with Crippen molar-refractivity contribution in [1.29, 1.82) is 0 Å². The minimum Gasteiger partial charge on any atom is -0.478 e. The molecule has 1 aromatic heterocycles. The number of likely N-dealkylation sites (tertiary alicyclic amines) is 1. The molecule has 1 saturated heterocycles. The van der Waals surface area contributed by atoms with Crippen LogP contribution in [0, 0.1) is 6.92 Å². The first-order valence-corrected chi connectivity index (χ1v) is 11.0. The van der Waals surface area contributed by atoms with Gasteiger partial charge in [0.05, 0.1) is 5.69 Å². The average molecular weight is 432 g/mol. The van der Waals surface area contributed by atoms with Gasteiger partial charge in [-0.3, -0.25) is 14.4 Å². The second-order valence-corrected chi connectivity index (χ2v) is 8.32. The standard InChI is InChI=1S/C26H29N3O3/c1-19-23(26(32)29(27(19)2)22-7-4-3-5-8-22)16-18-28-17-6-9-24(28)21-13-10-20(11-14-21)12-15-25(30)31/h3-5,7-8,10-15,24H,6,9,16-18H2,1-2H3,(H,30,31)/b15-12+/t24-/m0/s1. The Morgan fingerprint density at radius 2 is 1.84 bits per heavy atom. The maximum atomic E-state index is 13.2. The van der Waals surface area contributed by atoms with Crippen LogP contribution in [-0.4, -0.2) is 38.4 Å². The van der Waals surface area contributed by atoms with Crippen LogP contribution < -0.4 is 5.56 Å². The van der Waals surface area contributed by atoms with E-state index in [1.54, 1.807) is 10.8 Å². The van der Waals surface area contributed by atoms with Gasteiger partial charge in [-0.05, 0) is 62.1 Å². The van der Waals surface area contributed by atoms with Crippen LogP contribution in [0.3, 0.4) is 0 Å². The molecule has 6 heteroatoms. The maximum absolute atomic E-state index is 13.2. The maximum Gasteiger partial charge on any atom is 0.328 e. The van der Waals surface area contributed by atoms with Gasteiger partial charge in [0.25, 0.3) is 5.56 Å². The summed E-state index contributed by atoms with van der Waals surface area (Å²) in [5.74, 6) is -0.946. The monoisotopic (exact) mass is 431 g/mol. The molecule has 0 radical (unpaired) electrons. The second-order valence-electron chi connectivity index (χ2n) is 8.32. The van der Waals surface area contributed by atoms with Gasteiger partial charge in [0, 0.05) is 37.0 Å². The third-order valence-electron chi connectivity index (χ3n) is 6.43. The smallest absolute Gasteiger partial charge is 0.328 e. The van der Waals surface area contributed by atoms with E-state index in [1.165, 1.54) is 5.56 Å². The summed E-state index contributed by atoms with van der Waals surface area (Å²) < 4.78 is 3.69. The SMILES string of the molecule is Cc1c(CCN2CCC[C@H]2c2ccc(/C=C/C(=O)O)cc2)c(=O)n(-c2ccccc2)n1C. The lowest BCUT2D eigenvalue weighted by molar-refractivity contribution is -0.131. The van der Waals surface area contributed by atoms with Crippen LogP contribution in [-0.2, 0) is 18.3 Å². The molecule has 32 heavy (non-hydrogen) atoms. The molecule has 1 aliphatic rings. The van der Waals surface area contributed by atoms with E-state index in [0.717, 1.165) is 54.5 Å². The van der Waals surface area contributed by atoms with Crippen molar-refractivity contribution in [3.8, 4) is 5.69 Å². The molecule has 0 amide bonds. The van der Waals surface area contributed by atoms with Crippen LogP contribution in [0.2, 0.25) is 0 Å². The van der Waals surface area contributed by atoms with E-state index in [1.807, 2.05) is 61.1 Å². The number of benzene rings is 2. The average Bonchev–Trinajstić information content (AvgIpc) is 3.34. The number of hydrogen-bond donors (Lipinski definition) is 1. The first kappa shape index (κ1) is 21.8. The number of rotatable bonds is 7. The molecule has 4 rings (SSSR count). The van der Waals surface area contributed by atoms with Crippen molar-refractivity contribution >= 4 is 12.0 Å². The fraction of sp³-hybridized carbons (Fsp3) is 0.308. The van der Waals surface area contributed by atoms with Crippen LogP contribution in [0.15, 0.2) is 65.5 Å². The molecule has 2 aromatic carbocycles. The molecule has 0 aliphatic carbocycles. The molecule has 1 fully saturated rings. The number of para-hydroxylation sites is 1. The third-order valence-corrected chi connectivity index (χ3v) is 6.43. The van der Waals surface area contributed by atoms with Crippen molar-refractivity contribution in [1.82, 2.24) is 14.3 Å². The van der Waals surface area contributed by atoms with Crippen molar-refractivity contribution in [2.75, 3.05) is 13.1 Å². The Kier molecular flexibility index (Phi) is 6.42. The summed E-state index contributed by atoms with van der Waals surface area (Å²) in [6, 6.07) is 18.2. The van der Waals surface area contributed by atoms with E-state index in [2.05, 4.69) is 17.0 Å². The third kappa shape index (κ3) is 4.46. The number of carboxylic acid groups (broad SMARTS) is 1. The topological polar surface area (TPSA) is 67.5 Å². The van der Waals surface area contributed by atoms with E-state index in [-0.39, 0.29) is 5.56 Å². The zero-order valence-electron chi connectivity index (χ0n) is 18.6. The van der Waals surface area contributed by atoms with Gasteiger partial charge >= 0.3 is 5.97 Å². The summed E-state index contributed by atoms with van der Waals surface area (Å²) in [5, 5.41) is 8.79. The highest BCUT2D eigenvalue weighted by Crippen LogP contribution is 2.32. The lowest BCUT2D eigenvalue weighted by Crippen LogP contribution is -2.28. The molecular weight excluding hydrogens is 402 g/mol. The van der Waals surface area contributed by atoms with Crippen molar-refractivity contribution in [2.24, 2.45) is 7.05 Å². The Hall–Kier alpha value is -3.38. The largest absolute Gasteiger partial charge is 0.478 e. The lowest BCUT2D eigenvalue weighted by Gasteiger charge is -2.24. The first-order valence-electron chi connectivity index (χ1n) is 11.0. The minimum absolute atomic E-state index is 0.0570. The zero-order chi connectivity index (χ0) is 22.7. The predicted octanol–water partition coefficient (Wildman–Crippen LogP) is 3.96. The van der Waals surface area contributed by atoms with E-state index < -0.39 is 5.97 Å². The Labute approximate surface area is 188 Å². The van der Waals surface area contributed by atoms with Crippen molar-refractivity contribution < 1.29 is 9.90 Å². The van der Waals surface area contributed by atoms with Gasteiger partial charge in [0.15, 0.2) is 0 Å². The highest BCUT2D eigenvalue weighted by atomic mass is 16.4. The lowest BCUT2D eigenvalue weighted by atomic mass is 10.0. The normalized spacial score (nSPS) is 16.8. The molecule has 2 heterocycles. The summed E-state index contributed by atoms with van der Waals surface area (Å²) in [6.07, 6.45) is 5.70. The Morgan fingerprint density at radius 1 is 1.12 bits per heavy atom. The molecule has 0 unspecified atom stereocenters. The van der Waals surface area contributed by atoms with Crippen molar-refractivity contribution in [2.45, 2.75) is 32.2 Å². The molecule has 0 spiro atoms. The van der Waals surface area contributed by atoms with Gasteiger partial charge in [-0.25, -0.2) is 9.48 Å². The van der Waals surface area contributed by atoms with E-state index in [0.29, 0.717) is 12.5 Å². The van der Waals surface area contributed by atoms with Gasteiger partial charge in [-0.1, -0.05) is 42.5 Å². The first-order chi connectivity index (χ1) is 15.5. The van der Waals surface area contributed by atoms with Crippen LogP contribution in [0.4, 0.5) is 0 Å². The molecule has 166 valence electrons. The highest BCUT2D eigenvalue weighted by Gasteiger charge is 2.26. The number of aliphatic carboxylic acids is 1. The summed E-state index contributed by atoms with van der Waals surface area (Å²) in [5.41, 5.74) is 4.93. The Bertz CT molecular complexity index is 1170. The molecular formula is C26H29N3O3. The molecule has 1 atom stereocenters. The van der Waals surface area contributed by atoms with Gasteiger partial charge in [-0.2, -0.15) is 0 Å². The van der Waals surface area contributed by atoms with Crippen LogP contribution in [0.25, 0.3) is 11.8 Å². The van der Waals surface area contributed by atoms with Gasteiger partial charge in [-0.15, -0.1) is 0 Å². The molecule has 0 saturated carbocycles. The summed E-state index contributed by atoms with van der Waals surface area (Å²) >= 11 is 0. The summed E-state index contributed by atoms with van der Waals surface area (Å²) in [6.45, 7) is 3.87. The molecule has 3 aromatic rings. The molecule has 1 N–H and O–H groups in total. The fourth-order valence-corrected chi connectivity index (χ4v) is 4.64. The number of hydrogen-bond acceptors (Lipinski definition) is 3. The zero-order valence-corrected chi connectivity index (χ0v) is 18.6. The molecule has 6 nitrogen and oxygen atoms in total. The minimum atomic E-state index is -0.946. The van der Waals surface area contributed by atoms with E-state index in [4.69, 9.17) is 5.11 Å².